The number of fused-ring (bicyclic) bond motifs is 1. The molecule has 246 valence electrons. The number of rotatable bonds is 9. The number of methoxy groups -OCH3 is 1. The first-order valence-corrected chi connectivity index (χ1v) is 16.1. The minimum Gasteiger partial charge on any atom is -0.384 e. The molecule has 2 aliphatic rings. The molecule has 0 radical (unpaired) electrons. The smallest absolute Gasteiger partial charge is 0.236 e. The van der Waals surface area contributed by atoms with Crippen molar-refractivity contribution in [3.8, 4) is 22.6 Å². The maximum Gasteiger partial charge on any atom is 0.236 e. The molecule has 0 bridgehead atoms. The lowest BCUT2D eigenvalue weighted by Crippen LogP contribution is -2.51. The zero-order valence-electron chi connectivity index (χ0n) is 26.7. The SMILES string of the molecule is COCC1(C(=O)Nc2ccc3[nH]nc(-c4ccc(F)cc4)c3c2)CCN(CC(=O)N2CCN(c3ccc(-c4ncccn4)cc3)CC2)C1. The van der Waals surface area contributed by atoms with Crippen LogP contribution < -0.4 is 10.2 Å². The van der Waals surface area contributed by atoms with Gasteiger partial charge in [-0.25, -0.2) is 14.4 Å². The predicted octanol–water partition coefficient (Wildman–Crippen LogP) is 4.45. The van der Waals surface area contributed by atoms with Crippen LogP contribution >= 0.6 is 0 Å². The number of hydrogen-bond donors (Lipinski definition) is 2. The Morgan fingerprint density at radius 1 is 0.938 bits per heavy atom. The van der Waals surface area contributed by atoms with Crippen molar-refractivity contribution >= 4 is 34.1 Å². The fourth-order valence-electron chi connectivity index (χ4n) is 6.70. The van der Waals surface area contributed by atoms with Gasteiger partial charge in [-0.2, -0.15) is 5.10 Å². The van der Waals surface area contributed by atoms with Gasteiger partial charge in [0, 0.05) is 80.1 Å². The van der Waals surface area contributed by atoms with Crippen molar-refractivity contribution in [1.29, 1.82) is 0 Å². The van der Waals surface area contributed by atoms with Crippen LogP contribution in [0.1, 0.15) is 6.42 Å². The van der Waals surface area contributed by atoms with E-state index in [-0.39, 0.29) is 30.8 Å². The second-order valence-electron chi connectivity index (χ2n) is 12.5. The zero-order chi connectivity index (χ0) is 33.1. The van der Waals surface area contributed by atoms with Crippen molar-refractivity contribution < 1.29 is 18.7 Å². The third-order valence-electron chi connectivity index (χ3n) is 9.32. The Morgan fingerprint density at radius 3 is 2.40 bits per heavy atom. The second-order valence-corrected chi connectivity index (χ2v) is 12.5. The van der Waals surface area contributed by atoms with Gasteiger partial charge in [0.15, 0.2) is 5.82 Å². The third-order valence-corrected chi connectivity index (χ3v) is 9.32. The van der Waals surface area contributed by atoms with E-state index in [1.807, 2.05) is 35.2 Å². The van der Waals surface area contributed by atoms with Gasteiger partial charge in [0.1, 0.15) is 5.82 Å². The Labute approximate surface area is 277 Å². The van der Waals surface area contributed by atoms with Crippen LogP contribution in [0.25, 0.3) is 33.5 Å². The number of carbonyl (C=O) groups is 2. The van der Waals surface area contributed by atoms with Crippen LogP contribution in [0.3, 0.4) is 0 Å². The number of piperazine rings is 1. The highest BCUT2D eigenvalue weighted by Gasteiger charge is 2.45. The summed E-state index contributed by atoms with van der Waals surface area (Å²) >= 11 is 0. The van der Waals surface area contributed by atoms with Crippen molar-refractivity contribution in [2.75, 3.05) is 69.7 Å². The van der Waals surface area contributed by atoms with Gasteiger partial charge < -0.3 is 19.9 Å². The molecule has 1 atom stereocenters. The summed E-state index contributed by atoms with van der Waals surface area (Å²) in [7, 11) is 1.60. The maximum absolute atomic E-state index is 13.8. The van der Waals surface area contributed by atoms with Gasteiger partial charge in [0.2, 0.25) is 11.8 Å². The average Bonchev–Trinajstić information content (AvgIpc) is 3.74. The van der Waals surface area contributed by atoms with E-state index in [2.05, 4.69) is 47.4 Å². The van der Waals surface area contributed by atoms with Crippen molar-refractivity contribution in [2.24, 2.45) is 5.41 Å². The number of anilines is 2. The Balaban J connectivity index is 0.953. The molecular formula is C36H37FN8O3. The van der Waals surface area contributed by atoms with Gasteiger partial charge >= 0.3 is 0 Å². The maximum atomic E-state index is 13.8. The Kier molecular flexibility index (Phi) is 8.83. The largest absolute Gasteiger partial charge is 0.384 e. The molecule has 2 aromatic heterocycles. The summed E-state index contributed by atoms with van der Waals surface area (Å²) in [6, 6.07) is 21.7. The summed E-state index contributed by atoms with van der Waals surface area (Å²) in [5, 5.41) is 11.3. The topological polar surface area (TPSA) is 120 Å². The van der Waals surface area contributed by atoms with E-state index in [1.54, 1.807) is 37.7 Å². The molecule has 3 aromatic carbocycles. The minimum atomic E-state index is -0.796. The molecule has 2 aliphatic heterocycles. The number of carbonyl (C=O) groups excluding carboxylic acids is 2. The van der Waals surface area contributed by atoms with Gasteiger partial charge in [0.05, 0.1) is 29.8 Å². The highest BCUT2D eigenvalue weighted by atomic mass is 19.1. The number of nitrogens with zero attached hydrogens (tertiary/aromatic N) is 6. The van der Waals surface area contributed by atoms with Crippen LogP contribution in [-0.2, 0) is 14.3 Å². The zero-order valence-corrected chi connectivity index (χ0v) is 26.7. The number of ether oxygens (including phenoxy) is 1. The number of likely N-dealkylation sites (tertiary alicyclic amines) is 1. The second kappa shape index (κ2) is 13.5. The number of H-pyrrole nitrogens is 1. The van der Waals surface area contributed by atoms with Crippen molar-refractivity contribution in [2.45, 2.75) is 6.42 Å². The standard InChI is InChI=1S/C36H37FN8O3/c1-48-24-36(35(47)40-28-9-12-31-30(21-28)33(42-41-31)25-3-7-27(37)8-4-25)13-16-43(23-36)22-32(46)45-19-17-44(18-20-45)29-10-5-26(6-11-29)34-38-14-2-15-39-34/h2-12,14-15,21H,13,16-20,22-24H2,1H3,(H,40,47)(H,41,42). The predicted molar refractivity (Wildman–Crippen MR) is 182 cm³/mol. The Hall–Kier alpha value is -5.20. The van der Waals surface area contributed by atoms with E-state index < -0.39 is 5.41 Å². The molecule has 2 N–H and O–H groups in total. The summed E-state index contributed by atoms with van der Waals surface area (Å²) in [6.45, 7) is 4.30. The first-order chi connectivity index (χ1) is 23.4. The van der Waals surface area contributed by atoms with Crippen LogP contribution in [0, 0.1) is 11.2 Å². The Bertz CT molecular complexity index is 1890. The van der Waals surface area contributed by atoms with Crippen LogP contribution in [0.15, 0.2) is 85.2 Å². The number of nitrogens with one attached hydrogen (secondary N) is 2. The first-order valence-electron chi connectivity index (χ1n) is 16.1. The molecule has 7 rings (SSSR count). The average molecular weight is 649 g/mol. The number of hydrogen-bond acceptors (Lipinski definition) is 8. The fourth-order valence-corrected chi connectivity index (χ4v) is 6.70. The lowest BCUT2D eigenvalue weighted by atomic mass is 9.87. The molecule has 1 unspecified atom stereocenters. The number of aromatic amines is 1. The highest BCUT2D eigenvalue weighted by molar-refractivity contribution is 6.00. The number of benzene rings is 3. The number of amides is 2. The van der Waals surface area contributed by atoms with Gasteiger partial charge in [-0.1, -0.05) is 0 Å². The molecule has 4 heterocycles. The molecule has 0 saturated carbocycles. The molecule has 48 heavy (non-hydrogen) atoms. The van der Waals surface area contributed by atoms with Crippen molar-refractivity contribution in [3.63, 3.8) is 0 Å². The van der Waals surface area contributed by atoms with Gasteiger partial charge in [-0.05, 0) is 85.8 Å². The first kappa shape index (κ1) is 31.4. The van der Waals surface area contributed by atoms with Crippen LogP contribution in [0.5, 0.6) is 0 Å². The van der Waals surface area contributed by atoms with Crippen molar-refractivity contribution in [1.82, 2.24) is 30.0 Å². The molecule has 0 spiro atoms. The monoisotopic (exact) mass is 648 g/mol. The molecule has 2 fully saturated rings. The summed E-state index contributed by atoms with van der Waals surface area (Å²) in [5.41, 5.74) is 4.16. The van der Waals surface area contributed by atoms with E-state index in [0.29, 0.717) is 49.8 Å². The van der Waals surface area contributed by atoms with E-state index >= 15 is 0 Å². The minimum absolute atomic E-state index is 0.0681. The Morgan fingerprint density at radius 2 is 1.67 bits per heavy atom. The van der Waals surface area contributed by atoms with Gasteiger partial charge in [-0.15, -0.1) is 0 Å². The van der Waals surface area contributed by atoms with Crippen LogP contribution in [0.4, 0.5) is 15.8 Å². The van der Waals surface area contributed by atoms with E-state index in [4.69, 9.17) is 4.74 Å². The summed E-state index contributed by atoms with van der Waals surface area (Å²) in [4.78, 5) is 42.1. The number of halogens is 1. The summed E-state index contributed by atoms with van der Waals surface area (Å²) in [5.74, 6) is 0.297. The molecule has 12 heteroatoms. The lowest BCUT2D eigenvalue weighted by Gasteiger charge is -2.37. The molecule has 5 aromatic rings. The van der Waals surface area contributed by atoms with Crippen LogP contribution in [-0.4, -0.2) is 101 Å². The molecule has 2 amide bonds. The molecule has 2 saturated heterocycles. The van der Waals surface area contributed by atoms with E-state index in [9.17, 15) is 14.0 Å². The molecule has 0 aliphatic carbocycles. The van der Waals surface area contributed by atoms with E-state index in [1.165, 1.54) is 12.1 Å². The quantitative estimate of drug-likeness (QED) is 0.241. The van der Waals surface area contributed by atoms with Gasteiger partial charge in [0.25, 0.3) is 0 Å². The normalized spacial score (nSPS) is 18.4. The molecular weight excluding hydrogens is 611 g/mol. The summed E-state index contributed by atoms with van der Waals surface area (Å²) in [6.07, 6.45) is 4.04. The van der Waals surface area contributed by atoms with Gasteiger partial charge in [-0.3, -0.25) is 19.6 Å². The molecule has 11 nitrogen and oxygen atoms in total. The number of aromatic nitrogens is 4. The van der Waals surface area contributed by atoms with Crippen molar-refractivity contribution in [3.05, 3.63) is 91.0 Å². The summed E-state index contributed by atoms with van der Waals surface area (Å²) < 4.78 is 19.0. The van der Waals surface area contributed by atoms with E-state index in [0.717, 1.165) is 40.8 Å². The fraction of sp³-hybridized carbons (Fsp3) is 0.306. The lowest BCUT2D eigenvalue weighted by molar-refractivity contribution is -0.133. The van der Waals surface area contributed by atoms with Crippen LogP contribution in [0.2, 0.25) is 0 Å². The highest BCUT2D eigenvalue weighted by Crippen LogP contribution is 2.34. The third kappa shape index (κ3) is 6.49.